The topological polar surface area (TPSA) is 46.5 Å². The summed E-state index contributed by atoms with van der Waals surface area (Å²) in [7, 11) is 0. The van der Waals surface area contributed by atoms with Crippen molar-refractivity contribution in [1.82, 2.24) is 0 Å². The van der Waals surface area contributed by atoms with E-state index in [4.69, 9.17) is 4.74 Å². The third-order valence-corrected chi connectivity index (χ3v) is 6.35. The molecule has 1 fully saturated rings. The predicted molar refractivity (Wildman–Crippen MR) is 81.5 cm³/mol. The average Bonchev–Trinajstić information content (AvgIpc) is 2.51. The minimum atomic E-state index is -0.642. The molecule has 0 spiro atoms. The first-order valence-corrected chi connectivity index (χ1v) is 8.73. The summed E-state index contributed by atoms with van der Waals surface area (Å²) in [6.07, 6.45) is -0.915. The van der Waals surface area contributed by atoms with E-state index in [2.05, 4.69) is 12.1 Å². The fourth-order valence-electron chi connectivity index (χ4n) is 2.44. The first kappa shape index (κ1) is 14.3. The molecule has 0 bridgehead atoms. The average molecular weight is 347 g/mol. The molecule has 1 heterocycles. The molecule has 0 radical (unpaired) electrons. The fraction of sp³-hybridized carbons (Fsp3) is 0.235. The van der Waals surface area contributed by atoms with E-state index in [1.807, 2.05) is 48.5 Å². The molecule has 0 saturated carbocycles. The monoisotopic (exact) mass is 348 g/mol. The van der Waals surface area contributed by atoms with Crippen LogP contribution in [0.3, 0.4) is 0 Å². The SMILES string of the molecule is O=C1C[C@@H](O)[C@@H]([Se]c2ccccc2)[C@H](c2ccccc2)O1. The van der Waals surface area contributed by atoms with Gasteiger partial charge in [0.15, 0.2) is 0 Å². The number of benzene rings is 2. The normalized spacial score (nSPS) is 25.4. The summed E-state index contributed by atoms with van der Waals surface area (Å²) in [6, 6.07) is 19.8. The quantitative estimate of drug-likeness (QED) is 0.681. The van der Waals surface area contributed by atoms with E-state index >= 15 is 0 Å². The van der Waals surface area contributed by atoms with Crippen LogP contribution in [0.25, 0.3) is 0 Å². The van der Waals surface area contributed by atoms with Gasteiger partial charge in [0.1, 0.15) is 0 Å². The second-order valence-corrected chi connectivity index (χ2v) is 7.61. The molecule has 1 aliphatic rings. The summed E-state index contributed by atoms with van der Waals surface area (Å²) in [4.78, 5) is 11.6. The second-order valence-electron chi connectivity index (χ2n) is 4.99. The number of esters is 1. The molecule has 0 aliphatic carbocycles. The van der Waals surface area contributed by atoms with Crippen molar-refractivity contribution in [2.24, 2.45) is 0 Å². The maximum absolute atomic E-state index is 11.7. The number of rotatable bonds is 3. The molecular weight excluding hydrogens is 331 g/mol. The van der Waals surface area contributed by atoms with E-state index in [9.17, 15) is 9.90 Å². The summed E-state index contributed by atoms with van der Waals surface area (Å²) in [5, 5.41) is 10.3. The van der Waals surface area contributed by atoms with Crippen LogP contribution in [-0.4, -0.2) is 32.1 Å². The summed E-state index contributed by atoms with van der Waals surface area (Å²) in [6.45, 7) is 0. The minimum absolute atomic E-state index is 0.0435. The van der Waals surface area contributed by atoms with Crippen molar-refractivity contribution < 1.29 is 14.6 Å². The molecule has 3 rings (SSSR count). The molecule has 1 saturated heterocycles. The number of ether oxygens (including phenoxy) is 1. The fourth-order valence-corrected chi connectivity index (χ4v) is 5.00. The van der Waals surface area contributed by atoms with Crippen LogP contribution < -0.4 is 4.46 Å². The van der Waals surface area contributed by atoms with Gasteiger partial charge in [-0.05, 0) is 0 Å². The van der Waals surface area contributed by atoms with Crippen LogP contribution in [0.15, 0.2) is 60.7 Å². The number of hydrogen-bond acceptors (Lipinski definition) is 3. The van der Waals surface area contributed by atoms with E-state index in [0.717, 1.165) is 5.56 Å². The van der Waals surface area contributed by atoms with Gasteiger partial charge in [0.2, 0.25) is 0 Å². The molecular formula is C17H16O3Se. The van der Waals surface area contributed by atoms with Crippen molar-refractivity contribution in [3.8, 4) is 0 Å². The van der Waals surface area contributed by atoms with E-state index in [0.29, 0.717) is 0 Å². The van der Waals surface area contributed by atoms with Crippen LogP contribution in [0.2, 0.25) is 4.82 Å². The summed E-state index contributed by atoms with van der Waals surface area (Å²) >= 11 is 0.0435. The van der Waals surface area contributed by atoms with E-state index in [1.54, 1.807) is 0 Å². The van der Waals surface area contributed by atoms with Gasteiger partial charge in [0.25, 0.3) is 0 Å². The Labute approximate surface area is 130 Å². The first-order chi connectivity index (χ1) is 10.2. The van der Waals surface area contributed by atoms with Crippen LogP contribution >= 0.6 is 0 Å². The van der Waals surface area contributed by atoms with Crippen molar-refractivity contribution >= 4 is 25.4 Å². The van der Waals surface area contributed by atoms with Gasteiger partial charge in [-0.1, -0.05) is 0 Å². The van der Waals surface area contributed by atoms with Gasteiger partial charge in [-0.25, -0.2) is 0 Å². The molecule has 3 nitrogen and oxygen atoms in total. The Kier molecular flexibility index (Phi) is 4.39. The van der Waals surface area contributed by atoms with Crippen LogP contribution in [0.4, 0.5) is 0 Å². The zero-order valence-corrected chi connectivity index (χ0v) is 13.1. The van der Waals surface area contributed by atoms with E-state index in [1.165, 1.54) is 4.46 Å². The van der Waals surface area contributed by atoms with Crippen molar-refractivity contribution in [2.75, 3.05) is 0 Å². The number of aliphatic hydroxyl groups is 1. The van der Waals surface area contributed by atoms with Crippen molar-refractivity contribution in [2.45, 2.75) is 23.4 Å². The molecule has 4 heteroatoms. The molecule has 0 unspecified atom stereocenters. The zero-order valence-electron chi connectivity index (χ0n) is 11.4. The Balaban J connectivity index is 1.88. The summed E-state index contributed by atoms with van der Waals surface area (Å²) in [5.74, 6) is -0.323. The van der Waals surface area contributed by atoms with Gasteiger partial charge in [0, 0.05) is 0 Å². The van der Waals surface area contributed by atoms with Crippen molar-refractivity contribution in [3.63, 3.8) is 0 Å². The van der Waals surface area contributed by atoms with Crippen LogP contribution in [0.1, 0.15) is 18.1 Å². The Morgan fingerprint density at radius 3 is 2.29 bits per heavy atom. The number of cyclic esters (lactones) is 1. The number of carbonyl (C=O) groups excluding carboxylic acids is 1. The molecule has 3 atom stereocenters. The molecule has 1 N–H and O–H groups in total. The molecule has 0 aromatic heterocycles. The Bertz CT molecular complexity index is 600. The standard InChI is InChI=1S/C17H16O3Se/c18-14-11-15(19)20-16(12-7-3-1-4-8-12)17(14)21-13-9-5-2-6-10-13/h1-10,14,16-18H,11H2/t14-,16+,17-/m1/s1. The maximum atomic E-state index is 11.7. The Morgan fingerprint density at radius 1 is 1.00 bits per heavy atom. The predicted octanol–water partition coefficient (Wildman–Crippen LogP) is 1.85. The van der Waals surface area contributed by atoms with Crippen LogP contribution in [-0.2, 0) is 9.53 Å². The number of aliphatic hydroxyl groups excluding tert-OH is 1. The summed E-state index contributed by atoms with van der Waals surface area (Å²) < 4.78 is 6.75. The second kappa shape index (κ2) is 6.44. The van der Waals surface area contributed by atoms with Gasteiger partial charge < -0.3 is 0 Å². The van der Waals surface area contributed by atoms with Gasteiger partial charge in [0.05, 0.1) is 0 Å². The Morgan fingerprint density at radius 2 is 1.62 bits per heavy atom. The van der Waals surface area contributed by atoms with Gasteiger partial charge >= 0.3 is 130 Å². The Hall–Kier alpha value is -1.61. The van der Waals surface area contributed by atoms with E-state index < -0.39 is 6.10 Å². The number of hydrogen-bond donors (Lipinski definition) is 1. The van der Waals surface area contributed by atoms with Crippen molar-refractivity contribution in [1.29, 1.82) is 0 Å². The molecule has 2 aromatic rings. The van der Waals surface area contributed by atoms with Crippen molar-refractivity contribution in [3.05, 3.63) is 66.2 Å². The van der Waals surface area contributed by atoms with Gasteiger partial charge in [-0.15, -0.1) is 0 Å². The molecule has 21 heavy (non-hydrogen) atoms. The summed E-state index contributed by atoms with van der Waals surface area (Å²) in [5.41, 5.74) is 0.951. The third-order valence-electron chi connectivity index (χ3n) is 3.46. The molecule has 108 valence electrons. The molecule has 1 aliphatic heterocycles. The van der Waals surface area contributed by atoms with Crippen LogP contribution in [0, 0.1) is 0 Å². The van der Waals surface area contributed by atoms with Crippen LogP contribution in [0.5, 0.6) is 0 Å². The van der Waals surface area contributed by atoms with Gasteiger partial charge in [-0.2, -0.15) is 0 Å². The molecule has 2 aromatic carbocycles. The van der Waals surface area contributed by atoms with Gasteiger partial charge in [-0.3, -0.25) is 0 Å². The zero-order chi connectivity index (χ0) is 14.7. The third kappa shape index (κ3) is 3.35. The molecule has 0 amide bonds. The van der Waals surface area contributed by atoms with E-state index in [-0.39, 0.29) is 38.3 Å². The number of carbonyl (C=O) groups is 1. The first-order valence-electron chi connectivity index (χ1n) is 6.88.